The summed E-state index contributed by atoms with van der Waals surface area (Å²) < 4.78 is 31.7. The van der Waals surface area contributed by atoms with E-state index >= 15 is 0 Å². The third-order valence-electron chi connectivity index (χ3n) is 11.1. The molecule has 2 bridgehead atoms. The molecule has 0 radical (unpaired) electrons. The largest absolute Gasteiger partial charge is 0.309 e. The van der Waals surface area contributed by atoms with Crippen molar-refractivity contribution in [2.45, 2.75) is 61.2 Å². The van der Waals surface area contributed by atoms with Crippen molar-refractivity contribution in [2.75, 3.05) is 0 Å². The minimum absolute atomic E-state index is 0.0537. The SMILES string of the molecule is CC1c2ccccc2-c2cccc(n2)C(C)(C)c2ccc(S(=O)(=O)c3ccc4c(c3)-n3c5ccccc5c5cccc(c53)C4(C)C)cc21. The van der Waals surface area contributed by atoms with Gasteiger partial charge in [-0.1, -0.05) is 113 Å². The molecule has 236 valence electrons. The first-order chi connectivity index (χ1) is 23.0. The van der Waals surface area contributed by atoms with E-state index in [0.717, 1.165) is 55.9 Å². The van der Waals surface area contributed by atoms with E-state index in [1.54, 1.807) is 12.1 Å². The van der Waals surface area contributed by atoms with Gasteiger partial charge in [-0.05, 0) is 70.3 Å². The zero-order valence-electron chi connectivity index (χ0n) is 27.7. The van der Waals surface area contributed by atoms with Crippen molar-refractivity contribution in [3.63, 3.8) is 0 Å². The molecule has 1 unspecified atom stereocenters. The van der Waals surface area contributed by atoms with Crippen LogP contribution in [0.5, 0.6) is 0 Å². The first-order valence-electron chi connectivity index (χ1n) is 16.6. The first-order valence-corrected chi connectivity index (χ1v) is 18.1. The van der Waals surface area contributed by atoms with E-state index in [9.17, 15) is 8.42 Å². The second-order valence-corrected chi connectivity index (χ2v) is 16.4. The zero-order chi connectivity index (χ0) is 33.2. The predicted molar refractivity (Wildman–Crippen MR) is 194 cm³/mol. The van der Waals surface area contributed by atoms with Gasteiger partial charge in [0.05, 0.1) is 37.9 Å². The summed E-state index contributed by atoms with van der Waals surface area (Å²) in [7, 11) is -3.88. The van der Waals surface area contributed by atoms with E-state index in [2.05, 4.69) is 118 Å². The predicted octanol–water partition coefficient (Wildman–Crippen LogP) is 10.1. The maximum absolute atomic E-state index is 14.7. The summed E-state index contributed by atoms with van der Waals surface area (Å²) in [4.78, 5) is 5.72. The van der Waals surface area contributed by atoms with Crippen molar-refractivity contribution in [1.82, 2.24) is 9.55 Å². The summed E-state index contributed by atoms with van der Waals surface area (Å²) in [5.74, 6) is -0.0537. The third kappa shape index (κ3) is 3.82. The minimum Gasteiger partial charge on any atom is -0.309 e. The van der Waals surface area contributed by atoms with Crippen molar-refractivity contribution in [3.05, 3.63) is 155 Å². The van der Waals surface area contributed by atoms with Crippen LogP contribution in [0.25, 0.3) is 38.8 Å². The fraction of sp³-hybridized carbons (Fsp3) is 0.186. The minimum atomic E-state index is -3.88. The Morgan fingerprint density at radius 1 is 0.625 bits per heavy atom. The summed E-state index contributed by atoms with van der Waals surface area (Å²) in [5.41, 5.74) is 11.0. The molecule has 0 spiro atoms. The van der Waals surface area contributed by atoms with Gasteiger partial charge in [-0.3, -0.25) is 4.98 Å². The Kier molecular flexibility index (Phi) is 5.94. The molecule has 5 aromatic carbocycles. The topological polar surface area (TPSA) is 52.0 Å². The monoisotopic (exact) mass is 644 g/mol. The van der Waals surface area contributed by atoms with Crippen molar-refractivity contribution < 1.29 is 8.42 Å². The van der Waals surface area contributed by atoms with E-state index in [4.69, 9.17) is 4.98 Å². The van der Waals surface area contributed by atoms with Crippen LogP contribution in [0.15, 0.2) is 131 Å². The summed E-state index contributed by atoms with van der Waals surface area (Å²) in [6.07, 6.45) is 0. The maximum atomic E-state index is 14.7. The number of pyridine rings is 1. The van der Waals surface area contributed by atoms with Crippen LogP contribution in [0.4, 0.5) is 0 Å². The molecule has 0 saturated carbocycles. The van der Waals surface area contributed by atoms with Gasteiger partial charge < -0.3 is 4.57 Å². The number of fused-ring (bicyclic) bond motifs is 10. The highest BCUT2D eigenvalue weighted by Crippen LogP contribution is 2.49. The molecule has 2 aromatic heterocycles. The van der Waals surface area contributed by atoms with Gasteiger partial charge in [0.1, 0.15) is 0 Å². The Morgan fingerprint density at radius 3 is 2.15 bits per heavy atom. The van der Waals surface area contributed by atoms with E-state index in [1.165, 1.54) is 16.3 Å². The molecule has 0 saturated heterocycles. The van der Waals surface area contributed by atoms with Gasteiger partial charge in [-0.2, -0.15) is 0 Å². The van der Waals surface area contributed by atoms with Gasteiger partial charge in [0.25, 0.3) is 0 Å². The number of hydrogen-bond acceptors (Lipinski definition) is 3. The highest BCUT2D eigenvalue weighted by molar-refractivity contribution is 7.91. The standard InChI is InChI=1S/C43H36N2O2S/c1-26-29-12-6-7-13-30(29)37-17-11-19-40(44-37)43(4,5)34-22-20-27(24-33(26)34)48(46,47)28-21-23-35-39(25-28)45-38-18-9-8-14-31(38)32-15-10-16-36(41(32)45)42(35,2)3/h6-26H,1-5H3. The van der Waals surface area contributed by atoms with Crippen LogP contribution in [0.2, 0.25) is 0 Å². The maximum Gasteiger partial charge on any atom is 0.206 e. The van der Waals surface area contributed by atoms with Crippen LogP contribution < -0.4 is 0 Å². The van der Waals surface area contributed by atoms with E-state index in [0.29, 0.717) is 9.79 Å². The normalized spacial score (nSPS) is 17.1. The lowest BCUT2D eigenvalue weighted by Crippen LogP contribution is -2.26. The molecule has 0 N–H and O–H groups in total. The third-order valence-corrected chi connectivity index (χ3v) is 12.9. The number of sulfone groups is 1. The molecule has 0 amide bonds. The lowest BCUT2D eigenvalue weighted by atomic mass is 9.75. The second-order valence-electron chi connectivity index (χ2n) is 14.5. The lowest BCUT2D eigenvalue weighted by Gasteiger charge is -2.35. The van der Waals surface area contributed by atoms with Crippen LogP contribution in [0, 0.1) is 0 Å². The van der Waals surface area contributed by atoms with Crippen LogP contribution in [-0.4, -0.2) is 18.0 Å². The average Bonchev–Trinajstić information content (AvgIpc) is 3.45. The quantitative estimate of drug-likeness (QED) is 0.188. The van der Waals surface area contributed by atoms with Crippen LogP contribution in [0.3, 0.4) is 0 Å². The van der Waals surface area contributed by atoms with Gasteiger partial charge in [0, 0.05) is 33.1 Å². The molecule has 2 aliphatic heterocycles. The van der Waals surface area contributed by atoms with Gasteiger partial charge in [-0.25, -0.2) is 8.42 Å². The molecule has 4 heterocycles. The highest BCUT2D eigenvalue weighted by Gasteiger charge is 2.37. The summed E-state index contributed by atoms with van der Waals surface area (Å²) in [6.45, 7) is 11.0. The molecule has 1 atom stereocenters. The number of hydrogen-bond donors (Lipinski definition) is 0. The molecule has 7 aromatic rings. The highest BCUT2D eigenvalue weighted by atomic mass is 32.2. The molecular weight excluding hydrogens is 609 g/mol. The van der Waals surface area contributed by atoms with Crippen LogP contribution in [-0.2, 0) is 20.7 Å². The van der Waals surface area contributed by atoms with Crippen molar-refractivity contribution in [1.29, 1.82) is 0 Å². The Hall–Kier alpha value is -5.00. The van der Waals surface area contributed by atoms with Crippen LogP contribution in [0.1, 0.15) is 74.0 Å². The summed E-state index contributed by atoms with van der Waals surface area (Å²) in [6, 6.07) is 40.9. The van der Waals surface area contributed by atoms with Gasteiger partial charge in [-0.15, -0.1) is 0 Å². The van der Waals surface area contributed by atoms with E-state index < -0.39 is 15.3 Å². The smallest absolute Gasteiger partial charge is 0.206 e. The van der Waals surface area contributed by atoms with Crippen molar-refractivity contribution in [3.8, 4) is 16.9 Å². The van der Waals surface area contributed by atoms with Crippen molar-refractivity contribution in [2.24, 2.45) is 0 Å². The Labute approximate surface area is 281 Å². The number of nitrogens with zero attached hydrogens (tertiary/aromatic N) is 2. The van der Waals surface area contributed by atoms with E-state index in [1.807, 2.05) is 30.3 Å². The molecule has 9 rings (SSSR count). The Bertz CT molecular complexity index is 2610. The molecule has 0 fully saturated rings. The number of para-hydroxylation sites is 2. The number of rotatable bonds is 2. The lowest BCUT2D eigenvalue weighted by molar-refractivity contribution is 0.591. The van der Waals surface area contributed by atoms with E-state index in [-0.39, 0.29) is 11.3 Å². The molecule has 0 aliphatic carbocycles. The van der Waals surface area contributed by atoms with Gasteiger partial charge in [0.2, 0.25) is 9.84 Å². The van der Waals surface area contributed by atoms with Gasteiger partial charge >= 0.3 is 0 Å². The Balaban J connectivity index is 1.25. The van der Waals surface area contributed by atoms with Crippen molar-refractivity contribution >= 4 is 31.6 Å². The fourth-order valence-corrected chi connectivity index (χ4v) is 9.74. The summed E-state index contributed by atoms with van der Waals surface area (Å²) in [5, 5.41) is 2.35. The second kappa shape index (κ2) is 9.77. The van der Waals surface area contributed by atoms with Gasteiger partial charge in [0.15, 0.2) is 0 Å². The first kappa shape index (κ1) is 29.2. The number of aromatic nitrogens is 2. The molecule has 5 heteroatoms. The van der Waals surface area contributed by atoms with Crippen LogP contribution >= 0.6 is 0 Å². The zero-order valence-corrected chi connectivity index (χ0v) is 28.6. The molecule has 2 aliphatic rings. The number of benzene rings is 5. The molecular formula is C43H36N2O2S. The fourth-order valence-electron chi connectivity index (χ4n) is 8.43. The summed E-state index contributed by atoms with van der Waals surface area (Å²) >= 11 is 0. The Morgan fingerprint density at radius 2 is 1.31 bits per heavy atom. The molecule has 48 heavy (non-hydrogen) atoms. The molecule has 4 nitrogen and oxygen atoms in total. The average molecular weight is 645 g/mol.